The largest absolute Gasteiger partial charge is 0.424 e. The number of aryl methyl sites for hydroxylation is 1. The van der Waals surface area contributed by atoms with Crippen LogP contribution in [0.5, 0.6) is 0 Å². The molecule has 3 unspecified atom stereocenters. The molecule has 1 fully saturated rings. The Labute approximate surface area is 205 Å². The first-order valence-electron chi connectivity index (χ1n) is 10.8. The number of hydrogen-bond donors (Lipinski definition) is 3. The molecule has 32 heavy (non-hydrogen) atoms. The van der Waals surface area contributed by atoms with Gasteiger partial charge < -0.3 is 25.0 Å². The lowest BCUT2D eigenvalue weighted by molar-refractivity contribution is -0.272. The summed E-state index contributed by atoms with van der Waals surface area (Å²) in [7, 11) is 1.43. The molecule has 11 heteroatoms. The van der Waals surface area contributed by atoms with Gasteiger partial charge in [0.25, 0.3) is 0 Å². The number of aliphatic imine (C=N–C) groups is 1. The van der Waals surface area contributed by atoms with Gasteiger partial charge in [0.1, 0.15) is 5.82 Å². The van der Waals surface area contributed by atoms with Gasteiger partial charge in [-0.25, -0.2) is 4.98 Å². The second-order valence-electron chi connectivity index (χ2n) is 9.18. The lowest BCUT2D eigenvalue weighted by Gasteiger charge is -2.39. The Morgan fingerprint density at radius 2 is 2.00 bits per heavy atom. The van der Waals surface area contributed by atoms with Gasteiger partial charge in [-0.05, 0) is 25.2 Å². The summed E-state index contributed by atoms with van der Waals surface area (Å²) in [5, 5.41) is 16.4. The quantitative estimate of drug-likeness (QED) is 0.263. The SMILES string of the molecule is CCNC(=NCC1CCCOC1C(C)(C)C)NCCC(O)(c1nccn1C)C(F)(F)F.I. The fraction of sp³-hybridized carbons (Fsp3) is 0.810. The second kappa shape index (κ2) is 11.9. The van der Waals surface area contributed by atoms with Crippen LogP contribution in [0.3, 0.4) is 0 Å². The van der Waals surface area contributed by atoms with E-state index in [-0.39, 0.29) is 48.0 Å². The highest BCUT2D eigenvalue weighted by atomic mass is 127. The van der Waals surface area contributed by atoms with E-state index >= 15 is 0 Å². The van der Waals surface area contributed by atoms with E-state index in [1.165, 1.54) is 24.0 Å². The normalized spacial score (nSPS) is 22.1. The van der Waals surface area contributed by atoms with Crippen molar-refractivity contribution in [2.45, 2.75) is 64.8 Å². The summed E-state index contributed by atoms with van der Waals surface area (Å²) in [6.07, 6.45) is -0.791. The number of halogens is 4. The molecular formula is C21H37F3IN5O2. The van der Waals surface area contributed by atoms with Crippen LogP contribution in [0.25, 0.3) is 0 Å². The number of nitrogens with zero attached hydrogens (tertiary/aromatic N) is 3. The summed E-state index contributed by atoms with van der Waals surface area (Å²) in [4.78, 5) is 8.32. The van der Waals surface area contributed by atoms with Crippen molar-refractivity contribution in [2.75, 3.05) is 26.2 Å². The topological polar surface area (TPSA) is 83.7 Å². The van der Waals surface area contributed by atoms with Gasteiger partial charge in [-0.2, -0.15) is 13.2 Å². The Bertz CT molecular complexity index is 736. The zero-order chi connectivity index (χ0) is 23.3. The summed E-state index contributed by atoms with van der Waals surface area (Å²) in [5.74, 6) is 0.227. The number of aromatic nitrogens is 2. The second-order valence-corrected chi connectivity index (χ2v) is 9.18. The van der Waals surface area contributed by atoms with E-state index in [1.54, 1.807) is 0 Å². The molecule has 3 N–H and O–H groups in total. The molecule has 0 amide bonds. The Morgan fingerprint density at radius 1 is 1.31 bits per heavy atom. The van der Waals surface area contributed by atoms with Crippen molar-refractivity contribution in [2.24, 2.45) is 23.4 Å². The van der Waals surface area contributed by atoms with Gasteiger partial charge in [0.05, 0.1) is 6.10 Å². The lowest BCUT2D eigenvalue weighted by atomic mass is 9.78. The number of aliphatic hydroxyl groups is 1. The zero-order valence-electron chi connectivity index (χ0n) is 19.5. The zero-order valence-corrected chi connectivity index (χ0v) is 21.8. The first kappa shape index (κ1) is 29.0. The van der Waals surface area contributed by atoms with Crippen molar-refractivity contribution < 1.29 is 23.0 Å². The van der Waals surface area contributed by atoms with Crippen molar-refractivity contribution in [1.29, 1.82) is 0 Å². The molecule has 3 atom stereocenters. The molecular weight excluding hydrogens is 538 g/mol. The molecule has 1 aromatic heterocycles. The average Bonchev–Trinajstić information content (AvgIpc) is 3.11. The number of imidazole rings is 1. The van der Waals surface area contributed by atoms with E-state index in [2.05, 4.69) is 41.4 Å². The minimum atomic E-state index is -4.86. The summed E-state index contributed by atoms with van der Waals surface area (Å²) in [6.45, 7) is 10.00. The number of guanidine groups is 1. The van der Waals surface area contributed by atoms with Crippen LogP contribution in [-0.2, 0) is 17.4 Å². The van der Waals surface area contributed by atoms with Crippen LogP contribution in [0.1, 0.15) is 52.8 Å². The van der Waals surface area contributed by atoms with Crippen LogP contribution in [0.15, 0.2) is 17.4 Å². The van der Waals surface area contributed by atoms with E-state index in [9.17, 15) is 18.3 Å². The smallest absolute Gasteiger partial charge is 0.377 e. The summed E-state index contributed by atoms with van der Waals surface area (Å²) in [6, 6.07) is 0. The molecule has 0 spiro atoms. The maximum atomic E-state index is 13.7. The molecule has 1 aliphatic heterocycles. The van der Waals surface area contributed by atoms with Gasteiger partial charge in [0, 0.05) is 58.0 Å². The third-order valence-corrected chi connectivity index (χ3v) is 5.57. The van der Waals surface area contributed by atoms with Crippen LogP contribution in [-0.4, -0.2) is 59.1 Å². The summed E-state index contributed by atoms with van der Waals surface area (Å²) in [5.41, 5.74) is -3.07. The fourth-order valence-corrected chi connectivity index (χ4v) is 4.04. The third kappa shape index (κ3) is 7.21. The predicted molar refractivity (Wildman–Crippen MR) is 129 cm³/mol. The number of rotatable bonds is 7. The maximum absolute atomic E-state index is 13.7. The Balaban J connectivity index is 0.00000512. The van der Waals surface area contributed by atoms with Gasteiger partial charge in [-0.1, -0.05) is 20.8 Å². The first-order valence-corrected chi connectivity index (χ1v) is 10.8. The molecule has 0 saturated carbocycles. The molecule has 7 nitrogen and oxygen atoms in total. The number of nitrogens with one attached hydrogen (secondary N) is 2. The third-order valence-electron chi connectivity index (χ3n) is 5.57. The van der Waals surface area contributed by atoms with Crippen molar-refractivity contribution in [1.82, 2.24) is 20.2 Å². The standard InChI is InChI=1S/C21H36F3N5O2.HI/c1-6-25-18(28-14-15-8-7-13-31-16(15)19(2,3)4)27-10-9-20(30,21(22,23)24)17-26-11-12-29(17)5;/h11-12,15-16,30H,6-10,13-14H2,1-5H3,(H2,25,27,28);1H. The van der Waals surface area contributed by atoms with E-state index in [4.69, 9.17) is 4.74 Å². The number of hydrogen-bond acceptors (Lipinski definition) is 4. The molecule has 2 rings (SSSR count). The maximum Gasteiger partial charge on any atom is 0.424 e. The Kier molecular flexibility index (Phi) is 10.7. The van der Waals surface area contributed by atoms with E-state index < -0.39 is 24.0 Å². The van der Waals surface area contributed by atoms with E-state index in [0.29, 0.717) is 19.0 Å². The molecule has 0 radical (unpaired) electrons. The number of ether oxygens (including phenoxy) is 1. The average molecular weight is 575 g/mol. The number of alkyl halides is 3. The van der Waals surface area contributed by atoms with Gasteiger partial charge in [-0.3, -0.25) is 4.99 Å². The van der Waals surface area contributed by atoms with E-state index in [0.717, 1.165) is 19.4 Å². The Morgan fingerprint density at radius 3 is 2.53 bits per heavy atom. The molecule has 1 saturated heterocycles. The van der Waals surface area contributed by atoms with Crippen molar-refractivity contribution in [3.63, 3.8) is 0 Å². The molecule has 186 valence electrons. The monoisotopic (exact) mass is 575 g/mol. The first-order chi connectivity index (χ1) is 14.4. The van der Waals surface area contributed by atoms with Crippen LogP contribution in [0.2, 0.25) is 0 Å². The predicted octanol–water partition coefficient (Wildman–Crippen LogP) is 3.57. The summed E-state index contributed by atoms with van der Waals surface area (Å²) < 4.78 is 48.2. The van der Waals surface area contributed by atoms with Crippen molar-refractivity contribution in [3.05, 3.63) is 18.2 Å². The van der Waals surface area contributed by atoms with Crippen LogP contribution < -0.4 is 10.6 Å². The molecule has 0 bridgehead atoms. The molecule has 2 heterocycles. The highest BCUT2D eigenvalue weighted by Crippen LogP contribution is 2.40. The highest BCUT2D eigenvalue weighted by molar-refractivity contribution is 14.0. The highest BCUT2D eigenvalue weighted by Gasteiger charge is 2.57. The molecule has 0 aromatic carbocycles. The van der Waals surface area contributed by atoms with Gasteiger partial charge in [0.15, 0.2) is 5.96 Å². The minimum Gasteiger partial charge on any atom is -0.377 e. The fourth-order valence-electron chi connectivity index (χ4n) is 4.04. The van der Waals surface area contributed by atoms with Gasteiger partial charge >= 0.3 is 6.18 Å². The molecule has 1 aliphatic rings. The molecule has 1 aromatic rings. The van der Waals surface area contributed by atoms with Crippen LogP contribution in [0.4, 0.5) is 13.2 Å². The van der Waals surface area contributed by atoms with E-state index in [1.807, 2.05) is 6.92 Å². The van der Waals surface area contributed by atoms with Crippen molar-refractivity contribution in [3.8, 4) is 0 Å². The Hall–Kier alpha value is -1.08. The summed E-state index contributed by atoms with van der Waals surface area (Å²) >= 11 is 0. The van der Waals surface area contributed by atoms with Crippen LogP contribution >= 0.6 is 24.0 Å². The van der Waals surface area contributed by atoms with Gasteiger partial charge in [-0.15, -0.1) is 24.0 Å². The molecule has 0 aliphatic carbocycles. The van der Waals surface area contributed by atoms with Crippen molar-refractivity contribution >= 4 is 29.9 Å². The van der Waals surface area contributed by atoms with Crippen LogP contribution in [0, 0.1) is 11.3 Å². The lowest BCUT2D eigenvalue weighted by Crippen LogP contribution is -2.48. The minimum absolute atomic E-state index is 0. The van der Waals surface area contributed by atoms with Gasteiger partial charge in [0.2, 0.25) is 5.60 Å².